The number of hydrogen-bond donors (Lipinski definition) is 1. The van der Waals surface area contributed by atoms with Crippen molar-refractivity contribution in [2.24, 2.45) is 0 Å². The fourth-order valence-corrected chi connectivity index (χ4v) is 4.40. The summed E-state index contributed by atoms with van der Waals surface area (Å²) in [5.41, 5.74) is 0.288. The summed E-state index contributed by atoms with van der Waals surface area (Å²) >= 11 is 7.19. The molecule has 0 radical (unpaired) electrons. The Balaban J connectivity index is 1.91. The van der Waals surface area contributed by atoms with Crippen LogP contribution in [0.4, 0.5) is 14.5 Å². The molecule has 0 aromatic heterocycles. The summed E-state index contributed by atoms with van der Waals surface area (Å²) < 4.78 is 54.2. The van der Waals surface area contributed by atoms with E-state index < -0.39 is 26.6 Å². The summed E-state index contributed by atoms with van der Waals surface area (Å²) in [5.74, 6) is -2.00. The fraction of sp³-hybridized carbons (Fsp3) is 0. The van der Waals surface area contributed by atoms with Gasteiger partial charge in [0, 0.05) is 20.9 Å². The molecule has 0 saturated heterocycles. The molecule has 0 unspecified atom stereocenters. The van der Waals surface area contributed by atoms with E-state index in [0.717, 1.165) is 17.0 Å². The molecule has 26 heavy (non-hydrogen) atoms. The molecule has 3 aromatic rings. The van der Waals surface area contributed by atoms with Gasteiger partial charge in [0.1, 0.15) is 16.5 Å². The predicted octanol–water partition coefficient (Wildman–Crippen LogP) is 5.57. The minimum atomic E-state index is -4.21. The van der Waals surface area contributed by atoms with Crippen LogP contribution in [-0.4, -0.2) is 8.42 Å². The normalized spacial score (nSPS) is 11.3. The second-order valence-corrected chi connectivity index (χ2v) is 8.43. The first-order valence-electron chi connectivity index (χ1n) is 7.35. The van der Waals surface area contributed by atoms with Gasteiger partial charge in [-0.3, -0.25) is 4.72 Å². The number of sulfonamides is 1. The summed E-state index contributed by atoms with van der Waals surface area (Å²) in [5, 5.41) is 0.593. The van der Waals surface area contributed by atoms with Gasteiger partial charge < -0.3 is 0 Å². The van der Waals surface area contributed by atoms with Gasteiger partial charge in [-0.05, 0) is 48.5 Å². The molecule has 0 heterocycles. The first-order valence-corrected chi connectivity index (χ1v) is 10.0. The maximum absolute atomic E-state index is 13.9. The monoisotopic (exact) mass is 411 g/mol. The van der Waals surface area contributed by atoms with Gasteiger partial charge in [-0.2, -0.15) is 0 Å². The highest BCUT2D eigenvalue weighted by molar-refractivity contribution is 7.99. The van der Waals surface area contributed by atoms with Crippen LogP contribution < -0.4 is 4.72 Å². The standard InChI is InChI=1S/C18H12ClF2NO2S2/c19-12-5-8-14(9-6-12)25-17-4-2-1-3-16(17)22-26(23,24)18-10-7-13(20)11-15(18)21/h1-11,22H. The molecule has 8 heteroatoms. The van der Waals surface area contributed by atoms with Gasteiger partial charge in [-0.1, -0.05) is 35.5 Å². The van der Waals surface area contributed by atoms with Crippen LogP contribution in [0.25, 0.3) is 0 Å². The zero-order valence-corrected chi connectivity index (χ0v) is 15.5. The van der Waals surface area contributed by atoms with Crippen LogP contribution in [0.1, 0.15) is 0 Å². The topological polar surface area (TPSA) is 46.2 Å². The Kier molecular flexibility index (Phi) is 5.50. The largest absolute Gasteiger partial charge is 0.278 e. The van der Waals surface area contributed by atoms with Crippen LogP contribution in [0.5, 0.6) is 0 Å². The summed E-state index contributed by atoms with van der Waals surface area (Å²) in [7, 11) is -4.21. The van der Waals surface area contributed by atoms with Crippen LogP contribution in [-0.2, 0) is 10.0 Å². The first-order chi connectivity index (χ1) is 12.3. The third kappa shape index (κ3) is 4.35. The molecule has 0 aliphatic rings. The van der Waals surface area contributed by atoms with Gasteiger partial charge in [-0.25, -0.2) is 17.2 Å². The van der Waals surface area contributed by atoms with E-state index in [1.807, 2.05) is 0 Å². The minimum absolute atomic E-state index is 0.288. The third-order valence-corrected chi connectivity index (χ3v) is 6.09. The van der Waals surface area contributed by atoms with Crippen LogP contribution >= 0.6 is 23.4 Å². The zero-order valence-electron chi connectivity index (χ0n) is 13.1. The third-order valence-electron chi connectivity index (χ3n) is 3.36. The van der Waals surface area contributed by atoms with Crippen molar-refractivity contribution in [1.29, 1.82) is 0 Å². The average Bonchev–Trinajstić information content (AvgIpc) is 2.58. The maximum atomic E-state index is 13.9. The van der Waals surface area contributed by atoms with Crippen molar-refractivity contribution in [2.75, 3.05) is 4.72 Å². The molecular formula is C18H12ClF2NO2S2. The molecule has 0 fully saturated rings. The highest BCUT2D eigenvalue weighted by atomic mass is 35.5. The second kappa shape index (κ2) is 7.65. The van der Waals surface area contributed by atoms with E-state index >= 15 is 0 Å². The van der Waals surface area contributed by atoms with Crippen molar-refractivity contribution in [3.8, 4) is 0 Å². The molecule has 0 aliphatic carbocycles. The lowest BCUT2D eigenvalue weighted by Gasteiger charge is -2.13. The molecule has 3 aromatic carbocycles. The van der Waals surface area contributed by atoms with Crippen molar-refractivity contribution in [2.45, 2.75) is 14.7 Å². The SMILES string of the molecule is O=S(=O)(Nc1ccccc1Sc1ccc(Cl)cc1)c1ccc(F)cc1F. The van der Waals surface area contributed by atoms with Crippen molar-refractivity contribution in [1.82, 2.24) is 0 Å². The van der Waals surface area contributed by atoms with Crippen molar-refractivity contribution in [3.63, 3.8) is 0 Å². The average molecular weight is 412 g/mol. The van der Waals surface area contributed by atoms with E-state index in [1.54, 1.807) is 48.5 Å². The Morgan fingerprint density at radius 2 is 1.62 bits per heavy atom. The van der Waals surface area contributed by atoms with Gasteiger partial charge >= 0.3 is 0 Å². The molecular weight excluding hydrogens is 400 g/mol. The van der Waals surface area contributed by atoms with Gasteiger partial charge in [-0.15, -0.1) is 0 Å². The van der Waals surface area contributed by atoms with Gasteiger partial charge in [0.2, 0.25) is 0 Å². The number of halogens is 3. The Hall–Kier alpha value is -2.09. The number of rotatable bonds is 5. The lowest BCUT2D eigenvalue weighted by molar-refractivity contribution is 0.551. The molecule has 3 nitrogen and oxygen atoms in total. The molecule has 0 aliphatic heterocycles. The Morgan fingerprint density at radius 3 is 2.31 bits per heavy atom. The summed E-state index contributed by atoms with van der Waals surface area (Å²) in [6.07, 6.45) is 0. The molecule has 0 saturated carbocycles. The quantitative estimate of drug-likeness (QED) is 0.597. The van der Waals surface area contributed by atoms with Crippen LogP contribution in [0.3, 0.4) is 0 Å². The van der Waals surface area contributed by atoms with E-state index in [1.165, 1.54) is 11.8 Å². The van der Waals surface area contributed by atoms with Crippen molar-refractivity contribution < 1.29 is 17.2 Å². The lowest BCUT2D eigenvalue weighted by atomic mass is 10.3. The van der Waals surface area contributed by atoms with Gasteiger partial charge in [0.05, 0.1) is 5.69 Å². The number of nitrogens with one attached hydrogen (secondary N) is 1. The van der Waals surface area contributed by atoms with Crippen LogP contribution in [0.15, 0.2) is 81.4 Å². The number of para-hydroxylation sites is 1. The molecule has 0 spiro atoms. The molecule has 0 bridgehead atoms. The Bertz CT molecular complexity index is 1040. The van der Waals surface area contributed by atoms with E-state index in [0.29, 0.717) is 16.0 Å². The smallest absolute Gasteiger partial charge is 0.264 e. The molecule has 134 valence electrons. The highest BCUT2D eigenvalue weighted by Crippen LogP contribution is 2.35. The van der Waals surface area contributed by atoms with Crippen LogP contribution in [0, 0.1) is 11.6 Å². The fourth-order valence-electron chi connectivity index (χ4n) is 2.16. The van der Waals surface area contributed by atoms with Crippen molar-refractivity contribution in [3.05, 3.63) is 83.4 Å². The summed E-state index contributed by atoms with van der Waals surface area (Å²) in [6, 6.07) is 16.1. The molecule has 3 rings (SSSR count). The van der Waals surface area contributed by atoms with Gasteiger partial charge in [0.15, 0.2) is 0 Å². The number of anilines is 1. The van der Waals surface area contributed by atoms with E-state index in [4.69, 9.17) is 11.6 Å². The Labute approximate surface area is 159 Å². The Morgan fingerprint density at radius 1 is 0.923 bits per heavy atom. The van der Waals surface area contributed by atoms with Crippen LogP contribution in [0.2, 0.25) is 5.02 Å². The second-order valence-electron chi connectivity index (χ2n) is 5.23. The zero-order chi connectivity index (χ0) is 18.7. The van der Waals surface area contributed by atoms with E-state index in [9.17, 15) is 17.2 Å². The first kappa shape index (κ1) is 18.7. The van der Waals surface area contributed by atoms with E-state index in [2.05, 4.69) is 4.72 Å². The number of benzene rings is 3. The number of hydrogen-bond acceptors (Lipinski definition) is 3. The van der Waals surface area contributed by atoms with Gasteiger partial charge in [0.25, 0.3) is 10.0 Å². The summed E-state index contributed by atoms with van der Waals surface area (Å²) in [6.45, 7) is 0. The highest BCUT2D eigenvalue weighted by Gasteiger charge is 2.21. The molecule has 1 N–H and O–H groups in total. The molecule has 0 atom stereocenters. The van der Waals surface area contributed by atoms with Crippen molar-refractivity contribution >= 4 is 39.1 Å². The predicted molar refractivity (Wildman–Crippen MR) is 99.2 cm³/mol. The minimum Gasteiger partial charge on any atom is -0.278 e. The molecule has 0 amide bonds. The lowest BCUT2D eigenvalue weighted by Crippen LogP contribution is -2.15. The maximum Gasteiger partial charge on any atom is 0.264 e. The summed E-state index contributed by atoms with van der Waals surface area (Å²) in [4.78, 5) is 0.861. The van der Waals surface area contributed by atoms with E-state index in [-0.39, 0.29) is 5.69 Å².